The molecule has 0 spiro atoms. The minimum atomic E-state index is -0.218. The monoisotopic (exact) mass is 290 g/mol. The summed E-state index contributed by atoms with van der Waals surface area (Å²) in [5.41, 5.74) is 2.63. The Hall–Kier alpha value is -1.42. The van der Waals surface area contributed by atoms with Crippen molar-refractivity contribution in [3.63, 3.8) is 0 Å². The topological polar surface area (TPSA) is 51.2 Å². The van der Waals surface area contributed by atoms with Crippen LogP contribution in [0.2, 0.25) is 0 Å². The van der Waals surface area contributed by atoms with Crippen molar-refractivity contribution in [2.45, 2.75) is 46.5 Å². The molecular formula is C17H26N2O2. The van der Waals surface area contributed by atoms with E-state index in [2.05, 4.69) is 17.2 Å². The van der Waals surface area contributed by atoms with Gasteiger partial charge in [-0.3, -0.25) is 9.78 Å². The number of ketones is 1. The third kappa shape index (κ3) is 3.10. The number of nitrogens with one attached hydrogen (secondary N) is 1. The molecule has 0 radical (unpaired) electrons. The van der Waals surface area contributed by atoms with Gasteiger partial charge in [-0.25, -0.2) is 0 Å². The standard InChI is InChI=1S/C17H26N2O2/c1-5-17(7-6-8-18-11-17)15(20)9-14-13(3)16(21-4)12(2)10-19-14/h10,18H,5-9,11H2,1-4H3. The van der Waals surface area contributed by atoms with Gasteiger partial charge in [0, 0.05) is 35.7 Å². The van der Waals surface area contributed by atoms with Gasteiger partial charge in [-0.15, -0.1) is 0 Å². The molecule has 1 aliphatic heterocycles. The first-order chi connectivity index (χ1) is 10.0. The van der Waals surface area contributed by atoms with Crippen molar-refractivity contribution < 1.29 is 9.53 Å². The minimum Gasteiger partial charge on any atom is -0.496 e. The first-order valence-corrected chi connectivity index (χ1v) is 7.77. The predicted molar refractivity (Wildman–Crippen MR) is 83.8 cm³/mol. The number of methoxy groups -OCH3 is 1. The molecule has 0 bridgehead atoms. The summed E-state index contributed by atoms with van der Waals surface area (Å²) in [6.45, 7) is 7.89. The maximum Gasteiger partial charge on any atom is 0.146 e. The van der Waals surface area contributed by atoms with E-state index in [1.807, 2.05) is 13.8 Å². The molecule has 1 aliphatic rings. The third-order valence-corrected chi connectivity index (χ3v) is 4.82. The highest BCUT2D eigenvalue weighted by atomic mass is 16.5. The van der Waals surface area contributed by atoms with Crippen LogP contribution in [0, 0.1) is 19.3 Å². The van der Waals surface area contributed by atoms with Gasteiger partial charge < -0.3 is 10.1 Å². The lowest BCUT2D eigenvalue weighted by atomic mass is 9.73. The smallest absolute Gasteiger partial charge is 0.146 e. The molecule has 116 valence electrons. The fraction of sp³-hybridized carbons (Fsp3) is 0.647. The molecule has 1 aromatic rings. The molecule has 2 rings (SSSR count). The van der Waals surface area contributed by atoms with Crippen LogP contribution in [0.4, 0.5) is 0 Å². The Bertz CT molecular complexity index is 520. The number of piperidine rings is 1. The fourth-order valence-electron chi connectivity index (χ4n) is 3.29. The molecule has 1 fully saturated rings. The van der Waals surface area contributed by atoms with Gasteiger partial charge in [0.2, 0.25) is 0 Å². The van der Waals surface area contributed by atoms with Crippen LogP contribution in [-0.4, -0.2) is 31.0 Å². The number of rotatable bonds is 5. The van der Waals surface area contributed by atoms with Gasteiger partial charge in [0.1, 0.15) is 11.5 Å². The number of nitrogens with zero attached hydrogens (tertiary/aromatic N) is 1. The quantitative estimate of drug-likeness (QED) is 0.905. The number of ether oxygens (including phenoxy) is 1. The van der Waals surface area contributed by atoms with Crippen molar-refractivity contribution in [2.24, 2.45) is 5.41 Å². The zero-order chi connectivity index (χ0) is 15.5. The summed E-state index contributed by atoms with van der Waals surface area (Å²) in [4.78, 5) is 17.3. The summed E-state index contributed by atoms with van der Waals surface area (Å²) in [7, 11) is 1.67. The summed E-state index contributed by atoms with van der Waals surface area (Å²) in [6, 6.07) is 0. The van der Waals surface area contributed by atoms with Crippen LogP contribution in [-0.2, 0) is 11.2 Å². The normalized spacial score (nSPS) is 22.1. The van der Waals surface area contributed by atoms with E-state index in [-0.39, 0.29) is 5.41 Å². The van der Waals surface area contributed by atoms with Gasteiger partial charge in [0.25, 0.3) is 0 Å². The lowest BCUT2D eigenvalue weighted by molar-refractivity contribution is -0.129. The Morgan fingerprint density at radius 2 is 2.24 bits per heavy atom. The zero-order valence-corrected chi connectivity index (χ0v) is 13.6. The van der Waals surface area contributed by atoms with Crippen LogP contribution in [0.3, 0.4) is 0 Å². The number of hydrogen-bond acceptors (Lipinski definition) is 4. The lowest BCUT2D eigenvalue weighted by Crippen LogP contribution is -2.45. The molecular weight excluding hydrogens is 264 g/mol. The van der Waals surface area contributed by atoms with E-state index in [1.54, 1.807) is 13.3 Å². The first-order valence-electron chi connectivity index (χ1n) is 7.77. The van der Waals surface area contributed by atoms with E-state index < -0.39 is 0 Å². The highest BCUT2D eigenvalue weighted by Gasteiger charge is 2.37. The van der Waals surface area contributed by atoms with E-state index in [4.69, 9.17) is 4.74 Å². The van der Waals surface area contributed by atoms with Gasteiger partial charge in [0.15, 0.2) is 0 Å². The Kier molecular flexibility index (Phi) is 4.99. The van der Waals surface area contributed by atoms with Crippen LogP contribution in [0.1, 0.15) is 43.0 Å². The van der Waals surface area contributed by atoms with Gasteiger partial charge >= 0.3 is 0 Å². The molecule has 0 aromatic carbocycles. The van der Waals surface area contributed by atoms with Gasteiger partial charge in [-0.05, 0) is 39.7 Å². The van der Waals surface area contributed by atoms with Crippen molar-refractivity contribution in [3.8, 4) is 5.75 Å². The molecule has 0 saturated carbocycles. The van der Waals surface area contributed by atoms with Gasteiger partial charge in [-0.1, -0.05) is 6.92 Å². The molecule has 1 N–H and O–H groups in total. The second-order valence-corrected chi connectivity index (χ2v) is 6.06. The Labute approximate surface area is 127 Å². The second-order valence-electron chi connectivity index (χ2n) is 6.06. The average molecular weight is 290 g/mol. The molecule has 2 heterocycles. The molecule has 0 amide bonds. The van der Waals surface area contributed by atoms with Crippen LogP contribution in [0.5, 0.6) is 5.75 Å². The van der Waals surface area contributed by atoms with Crippen LogP contribution < -0.4 is 10.1 Å². The fourth-order valence-corrected chi connectivity index (χ4v) is 3.29. The first kappa shape index (κ1) is 16.0. The zero-order valence-electron chi connectivity index (χ0n) is 13.6. The Balaban J connectivity index is 2.23. The summed E-state index contributed by atoms with van der Waals surface area (Å²) in [5.74, 6) is 1.15. The molecule has 4 nitrogen and oxygen atoms in total. The van der Waals surface area contributed by atoms with E-state index in [0.29, 0.717) is 12.2 Å². The van der Waals surface area contributed by atoms with Gasteiger partial charge in [0.05, 0.1) is 12.8 Å². The molecule has 0 aliphatic carbocycles. The number of pyridine rings is 1. The number of carbonyl (C=O) groups excluding carboxylic acids is 1. The summed E-state index contributed by atoms with van der Waals surface area (Å²) in [5, 5.41) is 3.37. The van der Waals surface area contributed by atoms with E-state index >= 15 is 0 Å². The molecule has 1 unspecified atom stereocenters. The highest BCUT2D eigenvalue weighted by molar-refractivity contribution is 5.87. The van der Waals surface area contributed by atoms with Crippen LogP contribution >= 0.6 is 0 Å². The molecule has 21 heavy (non-hydrogen) atoms. The summed E-state index contributed by atoms with van der Waals surface area (Å²) in [6.07, 6.45) is 5.14. The van der Waals surface area contributed by atoms with Crippen molar-refractivity contribution >= 4 is 5.78 Å². The maximum atomic E-state index is 12.8. The number of aromatic nitrogens is 1. The minimum absolute atomic E-state index is 0.218. The predicted octanol–water partition coefficient (Wildman–Crippen LogP) is 2.60. The van der Waals surface area contributed by atoms with Crippen LogP contribution in [0.15, 0.2) is 6.20 Å². The van der Waals surface area contributed by atoms with Crippen molar-refractivity contribution in [2.75, 3.05) is 20.2 Å². The van der Waals surface area contributed by atoms with Crippen LogP contribution in [0.25, 0.3) is 0 Å². The lowest BCUT2D eigenvalue weighted by Gasteiger charge is -2.35. The Morgan fingerprint density at radius 3 is 2.81 bits per heavy atom. The number of aryl methyl sites for hydroxylation is 1. The average Bonchev–Trinajstić information content (AvgIpc) is 2.51. The molecule has 1 aromatic heterocycles. The second kappa shape index (κ2) is 6.56. The Morgan fingerprint density at radius 1 is 1.48 bits per heavy atom. The number of carbonyl (C=O) groups is 1. The largest absolute Gasteiger partial charge is 0.496 e. The van der Waals surface area contributed by atoms with Crippen molar-refractivity contribution in [1.29, 1.82) is 0 Å². The summed E-state index contributed by atoms with van der Waals surface area (Å²) >= 11 is 0. The van der Waals surface area contributed by atoms with Crippen molar-refractivity contribution in [1.82, 2.24) is 10.3 Å². The third-order valence-electron chi connectivity index (χ3n) is 4.82. The maximum absolute atomic E-state index is 12.8. The van der Waals surface area contributed by atoms with E-state index in [0.717, 1.165) is 54.9 Å². The van der Waals surface area contributed by atoms with E-state index in [9.17, 15) is 4.79 Å². The highest BCUT2D eigenvalue weighted by Crippen LogP contribution is 2.33. The number of hydrogen-bond donors (Lipinski definition) is 1. The molecule has 1 saturated heterocycles. The van der Waals surface area contributed by atoms with E-state index in [1.165, 1.54) is 0 Å². The molecule has 4 heteroatoms. The number of Topliss-reactive ketones (excluding diaryl/α,β-unsaturated/α-hetero) is 1. The summed E-state index contributed by atoms with van der Waals surface area (Å²) < 4.78 is 5.43. The molecule has 1 atom stereocenters. The SMILES string of the molecule is CCC1(C(=O)Cc2ncc(C)c(OC)c2C)CCCNC1. The van der Waals surface area contributed by atoms with Gasteiger partial charge in [-0.2, -0.15) is 0 Å². The van der Waals surface area contributed by atoms with Crippen molar-refractivity contribution in [3.05, 3.63) is 23.0 Å².